The van der Waals surface area contributed by atoms with E-state index in [9.17, 15) is 14.0 Å². The van der Waals surface area contributed by atoms with Crippen LogP contribution in [-0.4, -0.2) is 34.5 Å². The quantitative estimate of drug-likeness (QED) is 0.143. The van der Waals surface area contributed by atoms with Crippen LogP contribution in [0.2, 0.25) is 0 Å². The average molecular weight is 516 g/mol. The smallest absolute Gasteiger partial charge is 0.331 e. The zero-order chi connectivity index (χ0) is 27.8. The van der Waals surface area contributed by atoms with E-state index in [1.807, 2.05) is 19.9 Å². The Morgan fingerprint density at radius 2 is 1.82 bits per heavy atom. The van der Waals surface area contributed by atoms with Gasteiger partial charge in [-0.1, -0.05) is 44.7 Å². The van der Waals surface area contributed by atoms with Crippen LogP contribution < -0.4 is 10.6 Å². The highest BCUT2D eigenvalue weighted by Crippen LogP contribution is 2.34. The summed E-state index contributed by atoms with van der Waals surface area (Å²) in [5.41, 5.74) is 8.78. The fraction of sp³-hybridized carbons (Fsp3) is 0.172. The lowest BCUT2D eigenvalue weighted by Gasteiger charge is -2.20. The van der Waals surface area contributed by atoms with Gasteiger partial charge in [0.15, 0.2) is 0 Å². The van der Waals surface area contributed by atoms with Gasteiger partial charge >= 0.3 is 5.97 Å². The maximum atomic E-state index is 13.8. The van der Waals surface area contributed by atoms with Gasteiger partial charge in [0, 0.05) is 30.7 Å². The minimum atomic E-state index is -0.552. The number of aliphatic imine (C=N–C) groups is 1. The Hall–Kier alpha value is -4.79. The Morgan fingerprint density at radius 3 is 2.37 bits per heavy atom. The molecule has 8 nitrogen and oxygen atoms in total. The Morgan fingerprint density at radius 1 is 1.16 bits per heavy atom. The normalized spacial score (nSPS) is 12.2. The lowest BCUT2D eigenvalue weighted by Crippen LogP contribution is -2.40. The van der Waals surface area contributed by atoms with Crippen molar-refractivity contribution in [2.75, 3.05) is 12.0 Å². The molecule has 196 valence electrons. The van der Waals surface area contributed by atoms with Crippen LogP contribution in [0.25, 0.3) is 23.2 Å². The van der Waals surface area contributed by atoms with Crippen molar-refractivity contribution in [3.8, 4) is 11.3 Å². The van der Waals surface area contributed by atoms with Crippen molar-refractivity contribution in [3.63, 3.8) is 0 Å². The molecule has 0 spiro atoms. The zero-order valence-electron chi connectivity index (χ0n) is 21.8. The van der Waals surface area contributed by atoms with Gasteiger partial charge in [0.1, 0.15) is 17.3 Å². The van der Waals surface area contributed by atoms with E-state index >= 15 is 0 Å². The minimum absolute atomic E-state index is 0.0745. The van der Waals surface area contributed by atoms with E-state index in [2.05, 4.69) is 11.6 Å². The second-order valence-corrected chi connectivity index (χ2v) is 8.49. The molecule has 2 N–H and O–H groups in total. The topological polar surface area (TPSA) is 103 Å². The van der Waals surface area contributed by atoms with E-state index in [0.29, 0.717) is 34.2 Å². The van der Waals surface area contributed by atoms with E-state index in [1.165, 1.54) is 43.2 Å². The molecule has 1 amide bonds. The number of amides is 1. The van der Waals surface area contributed by atoms with Crippen LogP contribution in [0.1, 0.15) is 38.2 Å². The van der Waals surface area contributed by atoms with Crippen molar-refractivity contribution < 1.29 is 18.7 Å². The number of para-hydroxylation sites is 1. The Kier molecular flexibility index (Phi) is 9.10. The SMILES string of the molecule is C=C/C=C(\N=C(/N)N(C(C)=O)c1ccccc1)c1nc(C(C)C)n(/C=C/C(=O)OC)c1-c1ccc(F)cc1. The monoisotopic (exact) mass is 515 g/mol. The second-order valence-electron chi connectivity index (χ2n) is 8.49. The van der Waals surface area contributed by atoms with Crippen molar-refractivity contribution in [2.24, 2.45) is 10.7 Å². The third-order valence-corrected chi connectivity index (χ3v) is 5.45. The number of nitrogens with zero attached hydrogens (tertiary/aromatic N) is 4. The summed E-state index contributed by atoms with van der Waals surface area (Å²) in [6.07, 6.45) is 5.95. The van der Waals surface area contributed by atoms with Gasteiger partial charge in [-0.25, -0.2) is 19.2 Å². The highest BCUT2D eigenvalue weighted by Gasteiger charge is 2.24. The van der Waals surface area contributed by atoms with Gasteiger partial charge in [0.2, 0.25) is 11.9 Å². The molecule has 3 aromatic rings. The Balaban J connectivity index is 2.30. The molecule has 3 rings (SSSR count). The van der Waals surface area contributed by atoms with E-state index in [0.717, 1.165) is 0 Å². The van der Waals surface area contributed by atoms with Crippen LogP contribution in [0.3, 0.4) is 0 Å². The molecular weight excluding hydrogens is 485 g/mol. The molecule has 2 aromatic carbocycles. The van der Waals surface area contributed by atoms with Crippen molar-refractivity contribution in [3.05, 3.63) is 96.7 Å². The van der Waals surface area contributed by atoms with Crippen LogP contribution in [0.4, 0.5) is 10.1 Å². The van der Waals surface area contributed by atoms with Gasteiger partial charge in [0.25, 0.3) is 0 Å². The standard InChI is InChI=1S/C29H30FN5O3/c1-6-10-24(32-29(31)35(20(4)36)23-11-8-7-9-12-23)26-27(21-13-15-22(30)16-14-21)34(18-17-25(37)38-5)28(33-26)19(2)3/h6-19H,1H2,2-5H3,(H2,31,32)/b18-17+,24-10-. The molecule has 0 bridgehead atoms. The van der Waals surface area contributed by atoms with E-state index in [4.69, 9.17) is 15.5 Å². The van der Waals surface area contributed by atoms with Crippen molar-refractivity contribution in [1.29, 1.82) is 0 Å². The summed E-state index contributed by atoms with van der Waals surface area (Å²) in [4.78, 5) is 35.2. The van der Waals surface area contributed by atoms with E-state index < -0.39 is 11.8 Å². The number of methoxy groups -OCH3 is 1. The molecule has 0 atom stereocenters. The fourth-order valence-corrected chi connectivity index (χ4v) is 3.78. The third-order valence-electron chi connectivity index (χ3n) is 5.45. The number of guanidine groups is 1. The summed E-state index contributed by atoms with van der Waals surface area (Å²) in [7, 11) is 1.28. The maximum absolute atomic E-state index is 13.8. The van der Waals surface area contributed by atoms with Crippen LogP contribution in [0, 0.1) is 5.82 Å². The highest BCUT2D eigenvalue weighted by molar-refractivity contribution is 6.16. The van der Waals surface area contributed by atoms with Crippen molar-refractivity contribution >= 4 is 35.4 Å². The number of hydrogen-bond acceptors (Lipinski definition) is 5. The number of imidazole rings is 1. The summed E-state index contributed by atoms with van der Waals surface area (Å²) < 4.78 is 20.3. The summed E-state index contributed by atoms with van der Waals surface area (Å²) in [6.45, 7) is 9.08. The number of benzene rings is 2. The van der Waals surface area contributed by atoms with Crippen LogP contribution >= 0.6 is 0 Å². The number of esters is 1. The largest absolute Gasteiger partial charge is 0.466 e. The fourth-order valence-electron chi connectivity index (χ4n) is 3.78. The molecule has 0 radical (unpaired) electrons. The third kappa shape index (κ3) is 6.31. The second kappa shape index (κ2) is 12.4. The van der Waals surface area contributed by atoms with Crippen LogP contribution in [0.5, 0.6) is 0 Å². The molecule has 0 unspecified atom stereocenters. The lowest BCUT2D eigenvalue weighted by molar-refractivity contribution is -0.134. The number of carbonyl (C=O) groups is 2. The lowest BCUT2D eigenvalue weighted by atomic mass is 10.1. The molecule has 0 aliphatic carbocycles. The molecule has 1 aromatic heterocycles. The van der Waals surface area contributed by atoms with Gasteiger partial charge in [-0.3, -0.25) is 9.69 Å². The molecule has 0 saturated heterocycles. The summed E-state index contributed by atoms with van der Waals surface area (Å²) >= 11 is 0. The van der Waals surface area contributed by atoms with Gasteiger partial charge < -0.3 is 15.0 Å². The van der Waals surface area contributed by atoms with Crippen molar-refractivity contribution in [2.45, 2.75) is 26.7 Å². The number of nitrogens with two attached hydrogens (primary N) is 1. The zero-order valence-corrected chi connectivity index (χ0v) is 21.8. The molecule has 0 saturated carbocycles. The minimum Gasteiger partial charge on any atom is -0.466 e. The van der Waals surface area contributed by atoms with Gasteiger partial charge in [-0.15, -0.1) is 0 Å². The molecular formula is C29H30FN5O3. The molecule has 9 heteroatoms. The number of hydrogen-bond donors (Lipinski definition) is 1. The van der Waals surface area contributed by atoms with E-state index in [1.54, 1.807) is 53.2 Å². The number of anilines is 1. The van der Waals surface area contributed by atoms with Crippen LogP contribution in [0.15, 0.2) is 84.4 Å². The predicted octanol–water partition coefficient (Wildman–Crippen LogP) is 5.35. The summed E-state index contributed by atoms with van der Waals surface area (Å²) in [5, 5.41) is 0. The highest BCUT2D eigenvalue weighted by atomic mass is 19.1. The molecule has 0 aliphatic rings. The predicted molar refractivity (Wildman–Crippen MR) is 148 cm³/mol. The summed E-state index contributed by atoms with van der Waals surface area (Å²) in [6, 6.07) is 14.8. The average Bonchev–Trinajstić information content (AvgIpc) is 3.27. The van der Waals surface area contributed by atoms with Crippen molar-refractivity contribution in [1.82, 2.24) is 9.55 Å². The first-order valence-electron chi connectivity index (χ1n) is 11.8. The van der Waals surface area contributed by atoms with E-state index in [-0.39, 0.29) is 17.8 Å². The molecule has 1 heterocycles. The number of rotatable bonds is 8. The molecule has 38 heavy (non-hydrogen) atoms. The molecule has 0 aliphatic heterocycles. The van der Waals surface area contributed by atoms with Gasteiger partial charge in [-0.2, -0.15) is 0 Å². The number of carbonyl (C=O) groups excluding carboxylic acids is 2. The number of allylic oxidation sites excluding steroid dienone is 2. The number of ether oxygens (including phenoxy) is 1. The first kappa shape index (κ1) is 27.8. The van der Waals surface area contributed by atoms with Gasteiger partial charge in [0.05, 0.1) is 24.2 Å². The summed E-state index contributed by atoms with van der Waals surface area (Å²) in [5.74, 6) is -0.829. The first-order chi connectivity index (χ1) is 18.2. The number of aromatic nitrogens is 2. The Labute approximate surface area is 221 Å². The number of halogens is 1. The maximum Gasteiger partial charge on any atom is 0.331 e. The molecule has 0 fully saturated rings. The van der Waals surface area contributed by atoms with Crippen LogP contribution in [-0.2, 0) is 14.3 Å². The first-order valence-corrected chi connectivity index (χ1v) is 11.8. The Bertz CT molecular complexity index is 1400. The van der Waals surface area contributed by atoms with Gasteiger partial charge in [-0.05, 0) is 42.5 Å².